The molecule has 2 aromatic rings. The van der Waals surface area contributed by atoms with E-state index in [9.17, 15) is 12.8 Å². The van der Waals surface area contributed by atoms with Gasteiger partial charge in [0.25, 0.3) is 0 Å². The van der Waals surface area contributed by atoms with Crippen LogP contribution in [0.5, 0.6) is 0 Å². The van der Waals surface area contributed by atoms with E-state index in [0.717, 1.165) is 12.0 Å². The van der Waals surface area contributed by atoms with Crippen molar-refractivity contribution in [3.05, 3.63) is 60.2 Å². The summed E-state index contributed by atoms with van der Waals surface area (Å²) in [4.78, 5) is 4.10. The van der Waals surface area contributed by atoms with Crippen LogP contribution in [-0.4, -0.2) is 30.3 Å². The molecule has 6 heteroatoms. The fourth-order valence-electron chi connectivity index (χ4n) is 2.95. The largest absolute Gasteiger partial charge is 0.263 e. The summed E-state index contributed by atoms with van der Waals surface area (Å²) in [6, 6.07) is 9.36. The second kappa shape index (κ2) is 5.78. The molecular weight excluding hydrogens is 303 g/mol. The number of hydrogen-bond donors (Lipinski definition) is 0. The molecule has 0 bridgehead atoms. The second-order valence-corrected chi connectivity index (χ2v) is 7.49. The van der Waals surface area contributed by atoms with Crippen LogP contribution in [0.2, 0.25) is 0 Å². The minimum atomic E-state index is -3.54. The van der Waals surface area contributed by atoms with E-state index in [1.165, 1.54) is 22.6 Å². The minimum Gasteiger partial charge on any atom is -0.263 e. The lowest BCUT2D eigenvalue weighted by molar-refractivity contribution is 0.407. The van der Waals surface area contributed by atoms with E-state index in [0.29, 0.717) is 6.54 Å². The molecule has 1 fully saturated rings. The first-order valence-corrected chi connectivity index (χ1v) is 8.60. The summed E-state index contributed by atoms with van der Waals surface area (Å²) < 4.78 is 39.9. The number of pyridine rings is 1. The maximum Gasteiger partial charge on any atom is 0.244 e. The third-order valence-electron chi connectivity index (χ3n) is 4.10. The molecule has 0 N–H and O–H groups in total. The van der Waals surface area contributed by atoms with Gasteiger partial charge in [0.15, 0.2) is 0 Å². The lowest BCUT2D eigenvalue weighted by Gasteiger charge is -2.20. The standard InChI is InChI=1S/C16H17FN2O2S/c1-12-9-14(13-4-6-15(17)7-5-13)11-19(12)22(20,21)16-3-2-8-18-10-16/h2-8,10,12,14H,9,11H2,1H3. The van der Waals surface area contributed by atoms with E-state index < -0.39 is 10.0 Å². The number of nitrogens with zero attached hydrogens (tertiary/aromatic N) is 2. The molecule has 0 aliphatic carbocycles. The maximum absolute atomic E-state index is 13.0. The monoisotopic (exact) mass is 320 g/mol. The third-order valence-corrected chi connectivity index (χ3v) is 6.06. The van der Waals surface area contributed by atoms with Crippen molar-refractivity contribution in [2.24, 2.45) is 0 Å². The molecule has 0 amide bonds. The number of sulfonamides is 1. The van der Waals surface area contributed by atoms with Crippen LogP contribution in [0.3, 0.4) is 0 Å². The third kappa shape index (κ3) is 2.76. The van der Waals surface area contributed by atoms with Gasteiger partial charge in [0.1, 0.15) is 10.7 Å². The van der Waals surface area contributed by atoms with E-state index in [4.69, 9.17) is 0 Å². The fraction of sp³-hybridized carbons (Fsp3) is 0.312. The lowest BCUT2D eigenvalue weighted by atomic mass is 9.97. The Bertz CT molecular complexity index is 747. The molecule has 0 spiro atoms. The summed E-state index contributed by atoms with van der Waals surface area (Å²) in [6.07, 6.45) is 3.64. The van der Waals surface area contributed by atoms with Gasteiger partial charge in [-0.05, 0) is 49.1 Å². The zero-order valence-corrected chi connectivity index (χ0v) is 13.0. The number of halogens is 1. The average molecular weight is 320 g/mol. The van der Waals surface area contributed by atoms with Gasteiger partial charge < -0.3 is 0 Å². The van der Waals surface area contributed by atoms with Crippen LogP contribution in [0.25, 0.3) is 0 Å². The average Bonchev–Trinajstić information content (AvgIpc) is 2.91. The van der Waals surface area contributed by atoms with Crippen molar-refractivity contribution in [3.63, 3.8) is 0 Å². The van der Waals surface area contributed by atoms with Gasteiger partial charge in [-0.25, -0.2) is 12.8 Å². The first kappa shape index (κ1) is 15.1. The van der Waals surface area contributed by atoms with Crippen molar-refractivity contribution in [2.75, 3.05) is 6.54 Å². The van der Waals surface area contributed by atoms with E-state index in [-0.39, 0.29) is 22.7 Å². The van der Waals surface area contributed by atoms with Gasteiger partial charge in [-0.3, -0.25) is 4.98 Å². The first-order chi connectivity index (χ1) is 10.5. The predicted molar refractivity (Wildman–Crippen MR) is 81.3 cm³/mol. The Morgan fingerprint density at radius 3 is 2.59 bits per heavy atom. The molecule has 2 unspecified atom stereocenters. The molecule has 3 rings (SSSR count). The molecule has 0 saturated carbocycles. The van der Waals surface area contributed by atoms with Crippen LogP contribution in [0, 0.1) is 5.82 Å². The molecular formula is C16H17FN2O2S. The highest BCUT2D eigenvalue weighted by molar-refractivity contribution is 7.89. The van der Waals surface area contributed by atoms with Gasteiger partial charge in [-0.2, -0.15) is 4.31 Å². The molecule has 1 aromatic heterocycles. The van der Waals surface area contributed by atoms with Gasteiger partial charge in [0, 0.05) is 25.0 Å². The SMILES string of the molecule is CC1CC(c2ccc(F)cc2)CN1S(=O)(=O)c1cccnc1. The Morgan fingerprint density at radius 2 is 1.95 bits per heavy atom. The summed E-state index contributed by atoms with van der Waals surface area (Å²) in [7, 11) is -3.54. The summed E-state index contributed by atoms with van der Waals surface area (Å²) in [5, 5.41) is 0. The van der Waals surface area contributed by atoms with Crippen molar-refractivity contribution in [1.82, 2.24) is 9.29 Å². The molecule has 2 heterocycles. The Balaban J connectivity index is 1.86. The highest BCUT2D eigenvalue weighted by Crippen LogP contribution is 2.35. The van der Waals surface area contributed by atoms with Gasteiger partial charge in [0.05, 0.1) is 0 Å². The van der Waals surface area contributed by atoms with E-state index in [1.54, 1.807) is 30.5 Å². The molecule has 0 radical (unpaired) electrons. The van der Waals surface area contributed by atoms with Gasteiger partial charge >= 0.3 is 0 Å². The number of aromatic nitrogens is 1. The van der Waals surface area contributed by atoms with Crippen molar-refractivity contribution >= 4 is 10.0 Å². The van der Waals surface area contributed by atoms with Crippen molar-refractivity contribution in [3.8, 4) is 0 Å². The van der Waals surface area contributed by atoms with Crippen LogP contribution < -0.4 is 0 Å². The fourth-order valence-corrected chi connectivity index (χ4v) is 4.60. The normalized spacial score (nSPS) is 22.8. The topological polar surface area (TPSA) is 50.3 Å². The maximum atomic E-state index is 13.0. The highest BCUT2D eigenvalue weighted by Gasteiger charge is 2.38. The Labute approximate surface area is 129 Å². The summed E-state index contributed by atoms with van der Waals surface area (Å²) in [5.41, 5.74) is 0.970. The molecule has 1 aliphatic heterocycles. The molecule has 22 heavy (non-hydrogen) atoms. The molecule has 4 nitrogen and oxygen atoms in total. The zero-order chi connectivity index (χ0) is 15.7. The summed E-state index contributed by atoms with van der Waals surface area (Å²) >= 11 is 0. The van der Waals surface area contributed by atoms with Gasteiger partial charge in [-0.1, -0.05) is 12.1 Å². The van der Waals surface area contributed by atoms with E-state index in [1.807, 2.05) is 6.92 Å². The predicted octanol–water partition coefficient (Wildman–Crippen LogP) is 2.79. The van der Waals surface area contributed by atoms with Gasteiger partial charge in [-0.15, -0.1) is 0 Å². The highest BCUT2D eigenvalue weighted by atomic mass is 32.2. The van der Waals surface area contributed by atoms with Crippen molar-refractivity contribution < 1.29 is 12.8 Å². The zero-order valence-electron chi connectivity index (χ0n) is 12.2. The number of hydrogen-bond acceptors (Lipinski definition) is 3. The first-order valence-electron chi connectivity index (χ1n) is 7.16. The van der Waals surface area contributed by atoms with E-state index in [2.05, 4.69) is 4.98 Å². The summed E-state index contributed by atoms with van der Waals surface area (Å²) in [5.74, 6) is -0.198. The van der Waals surface area contributed by atoms with Crippen LogP contribution in [0.4, 0.5) is 4.39 Å². The van der Waals surface area contributed by atoms with Crippen LogP contribution in [0.1, 0.15) is 24.8 Å². The van der Waals surface area contributed by atoms with Crippen molar-refractivity contribution in [1.29, 1.82) is 0 Å². The Hall–Kier alpha value is -1.79. The Morgan fingerprint density at radius 1 is 1.23 bits per heavy atom. The van der Waals surface area contributed by atoms with Crippen LogP contribution >= 0.6 is 0 Å². The Kier molecular flexibility index (Phi) is 3.97. The minimum absolute atomic E-state index is 0.0852. The number of rotatable bonds is 3. The van der Waals surface area contributed by atoms with Crippen LogP contribution in [0.15, 0.2) is 53.7 Å². The molecule has 116 valence electrons. The second-order valence-electron chi connectivity index (χ2n) is 5.60. The number of benzene rings is 1. The van der Waals surface area contributed by atoms with Crippen molar-refractivity contribution in [2.45, 2.75) is 30.2 Å². The van der Waals surface area contributed by atoms with E-state index >= 15 is 0 Å². The molecule has 2 atom stereocenters. The lowest BCUT2D eigenvalue weighted by Crippen LogP contribution is -2.34. The molecule has 1 saturated heterocycles. The smallest absolute Gasteiger partial charge is 0.244 e. The van der Waals surface area contributed by atoms with Crippen LogP contribution in [-0.2, 0) is 10.0 Å². The molecule has 1 aliphatic rings. The molecule has 1 aromatic carbocycles. The summed E-state index contributed by atoms with van der Waals surface area (Å²) in [6.45, 7) is 2.31. The quantitative estimate of drug-likeness (QED) is 0.874. The van der Waals surface area contributed by atoms with Gasteiger partial charge in [0.2, 0.25) is 10.0 Å².